The van der Waals surface area contributed by atoms with Crippen molar-refractivity contribution in [3.05, 3.63) is 11.8 Å². The zero-order valence-electron chi connectivity index (χ0n) is 50.2. The molecule has 0 bridgehead atoms. The van der Waals surface area contributed by atoms with Gasteiger partial charge in [-0.3, -0.25) is 0 Å². The summed E-state index contributed by atoms with van der Waals surface area (Å²) in [4.78, 5) is 48.2. The number of aryl methyl sites for hydroxylation is 2. The molecule has 7 aliphatic heterocycles. The van der Waals surface area contributed by atoms with E-state index in [1.165, 1.54) is 90.1 Å². The molecule has 7 aliphatic rings. The molecule has 0 unspecified atom stereocenters. The van der Waals surface area contributed by atoms with E-state index in [-0.39, 0.29) is 18.1 Å². The van der Waals surface area contributed by atoms with Crippen LogP contribution in [0.15, 0.2) is 18.7 Å². The fourth-order valence-electron chi connectivity index (χ4n) is 10.4. The van der Waals surface area contributed by atoms with Crippen LogP contribution in [0.1, 0.15) is 189 Å². The number of guanidine groups is 1. The van der Waals surface area contributed by atoms with Gasteiger partial charge in [-0.25, -0.2) is 14.6 Å². The molecule has 2 amide bonds. The second kappa shape index (κ2) is 37.6. The lowest BCUT2D eigenvalue weighted by Crippen LogP contribution is -2.42. The molecule has 5 N–H and O–H groups in total. The first-order valence-corrected chi connectivity index (χ1v) is 30.6. The van der Waals surface area contributed by atoms with Crippen LogP contribution in [0.3, 0.4) is 0 Å². The first-order valence-electron chi connectivity index (χ1n) is 30.2. The maximum atomic E-state index is 12.1. The summed E-state index contributed by atoms with van der Waals surface area (Å²) in [6.07, 6.45) is 27.1. The number of carbonyl (C=O) groups is 2. The Labute approximate surface area is 488 Å². The van der Waals surface area contributed by atoms with E-state index in [1.807, 2.05) is 61.1 Å². The normalized spacial score (nSPS) is 19.7. The smallest absolute Gasteiger partial charge is 0.410 e. The van der Waals surface area contributed by atoms with Gasteiger partial charge in [0.2, 0.25) is 17.7 Å². The van der Waals surface area contributed by atoms with E-state index in [1.54, 1.807) is 0 Å². The van der Waals surface area contributed by atoms with E-state index in [0.717, 1.165) is 172 Å². The Morgan fingerprint density at radius 2 is 1.01 bits per heavy atom. The lowest BCUT2D eigenvalue weighted by Gasteiger charge is -2.33. The van der Waals surface area contributed by atoms with Crippen LogP contribution >= 0.6 is 0 Å². The molecule has 24 nitrogen and oxygen atoms in total. The number of carbonyl (C=O) groups excluding carboxylic acids is 2. The number of nitrogens with one attached hydrogen (secondary N) is 1. The SMILES string of the molecule is C1CCNCC1.CC(C)(C)OC(=O)N1CCC(CCc2nc(N3CCCCC3)no2)CC1.CC(C)(C)OC(=O)N1CCC(CCc2nc(N3CCCCC3)no2)CC1.CC1CCN(/C(N)=N/O)CC1.N#CN1CCCCC1.OON=S. The molecule has 9 heterocycles. The van der Waals surface area contributed by atoms with Crippen LogP contribution in [-0.2, 0) is 39.7 Å². The Hall–Kier alpha value is -5.48. The van der Waals surface area contributed by atoms with Crippen molar-refractivity contribution in [2.75, 3.05) is 101 Å². The van der Waals surface area contributed by atoms with E-state index in [9.17, 15) is 9.59 Å². The van der Waals surface area contributed by atoms with Crippen molar-refractivity contribution in [1.82, 2.24) is 45.2 Å². The quantitative estimate of drug-likeness (QED) is 0.0454. The van der Waals surface area contributed by atoms with Crippen molar-refractivity contribution in [3.8, 4) is 6.19 Å². The van der Waals surface area contributed by atoms with Gasteiger partial charge in [-0.1, -0.05) is 18.5 Å². The highest BCUT2D eigenvalue weighted by Crippen LogP contribution is 2.27. The van der Waals surface area contributed by atoms with Crippen LogP contribution in [0, 0.1) is 29.2 Å². The van der Waals surface area contributed by atoms with Crippen molar-refractivity contribution in [3.63, 3.8) is 0 Å². The molecule has 0 radical (unpaired) electrons. The number of anilines is 2. The molecule has 2 aromatic rings. The second-order valence-corrected chi connectivity index (χ2v) is 24.4. The zero-order chi connectivity index (χ0) is 58.9. The Balaban J connectivity index is 0.000000236. The Bertz CT molecular complexity index is 1970. The van der Waals surface area contributed by atoms with Gasteiger partial charge in [0, 0.05) is 95.9 Å². The molecular formula is C56H101N15O9S. The number of amides is 2. The van der Waals surface area contributed by atoms with Crippen LogP contribution in [-0.4, -0.2) is 171 Å². The van der Waals surface area contributed by atoms with Gasteiger partial charge in [0.05, 0.1) is 12.4 Å². The van der Waals surface area contributed by atoms with Crippen LogP contribution < -0.4 is 20.9 Å². The Morgan fingerprint density at radius 1 is 0.642 bits per heavy atom. The molecular weight excluding hydrogens is 1060 g/mol. The van der Waals surface area contributed by atoms with Crippen molar-refractivity contribution in [1.29, 1.82) is 5.26 Å². The molecule has 9 rings (SSSR count). The standard InChI is InChI=1S/2C19H32N4O3.C7H15N3O.C6H10N2.C5H11N.HNO2S/c2*1-19(2,3)25-18(24)23-13-9-15(10-14-23)7-8-16-20-17(21-26-16)22-11-5-4-6-12-22;1-6-2-4-10(5-3-6)7(8)9-11;7-6-8-4-2-1-3-5-8;1-2-4-6-5-3-1;2-3-1-4/h2*15H,4-14H2,1-3H3;6,11H,2-5H2,1H3,(H2,8,9);1-5H2;6H,1-5H2;2H. The maximum Gasteiger partial charge on any atom is 0.410 e. The highest BCUT2D eigenvalue weighted by atomic mass is 32.1. The Morgan fingerprint density at radius 3 is 1.32 bits per heavy atom. The average molecular weight is 1160 g/mol. The minimum atomic E-state index is -0.433. The molecule has 81 heavy (non-hydrogen) atoms. The van der Waals surface area contributed by atoms with Gasteiger partial charge in [-0.2, -0.15) is 20.5 Å². The van der Waals surface area contributed by atoms with Crippen LogP contribution in [0.5, 0.6) is 0 Å². The molecule has 2 aromatic heterocycles. The summed E-state index contributed by atoms with van der Waals surface area (Å²) < 4.78 is 24.1. The average Bonchev–Trinajstić information content (AvgIpc) is 4.19. The van der Waals surface area contributed by atoms with Crippen molar-refractivity contribution < 1.29 is 43.6 Å². The summed E-state index contributed by atoms with van der Waals surface area (Å²) in [5, 5.41) is 38.4. The first kappa shape index (κ1) is 68.0. The second-order valence-electron chi connectivity index (χ2n) is 24.2. The predicted molar refractivity (Wildman–Crippen MR) is 313 cm³/mol. The molecule has 7 fully saturated rings. The molecule has 0 aliphatic carbocycles. The molecule has 0 saturated carbocycles. The molecule has 0 spiro atoms. The minimum Gasteiger partial charge on any atom is -0.444 e. The van der Waals surface area contributed by atoms with Crippen LogP contribution in [0.25, 0.3) is 0 Å². The van der Waals surface area contributed by atoms with Gasteiger partial charge in [0.15, 0.2) is 6.19 Å². The van der Waals surface area contributed by atoms with E-state index >= 15 is 0 Å². The van der Waals surface area contributed by atoms with E-state index in [0.29, 0.717) is 11.8 Å². The monoisotopic (exact) mass is 1160 g/mol. The van der Waals surface area contributed by atoms with Crippen molar-refractivity contribution in [2.24, 2.45) is 33.2 Å². The number of nitrogens with two attached hydrogens (primary N) is 1. The summed E-state index contributed by atoms with van der Waals surface area (Å²) >= 11 is 3.71. The molecule has 460 valence electrons. The number of nitrogens with zero attached hydrogens (tertiary/aromatic N) is 13. The van der Waals surface area contributed by atoms with Gasteiger partial charge in [-0.05, 0) is 205 Å². The molecule has 25 heteroatoms. The number of piperidine rings is 7. The number of ether oxygens (including phenoxy) is 2. The number of likely N-dealkylation sites (tertiary alicyclic amines) is 4. The van der Waals surface area contributed by atoms with Crippen LogP contribution in [0.4, 0.5) is 21.5 Å². The largest absolute Gasteiger partial charge is 0.444 e. The summed E-state index contributed by atoms with van der Waals surface area (Å²) in [5.41, 5.74) is 4.55. The third-order valence-electron chi connectivity index (χ3n) is 15.2. The van der Waals surface area contributed by atoms with E-state index < -0.39 is 11.2 Å². The number of hydrogen-bond donors (Lipinski definition) is 4. The third kappa shape index (κ3) is 28.4. The van der Waals surface area contributed by atoms with Gasteiger partial charge in [0.1, 0.15) is 11.2 Å². The maximum absolute atomic E-state index is 12.1. The van der Waals surface area contributed by atoms with Gasteiger partial charge < -0.3 is 64.2 Å². The molecule has 7 saturated heterocycles. The number of oxime groups is 1. The highest BCUT2D eigenvalue weighted by molar-refractivity contribution is 7.47. The van der Waals surface area contributed by atoms with Crippen molar-refractivity contribution >= 4 is 42.5 Å². The fraction of sp³-hybridized carbons (Fsp3) is 0.857. The predicted octanol–water partition coefficient (Wildman–Crippen LogP) is 9.54. The highest BCUT2D eigenvalue weighted by Gasteiger charge is 2.29. The van der Waals surface area contributed by atoms with Crippen LogP contribution in [0.2, 0.25) is 0 Å². The number of rotatable bonds is 9. The number of nitriles is 1. The summed E-state index contributed by atoms with van der Waals surface area (Å²) in [7, 11) is 0. The number of aromatic nitrogens is 4. The zero-order valence-corrected chi connectivity index (χ0v) is 51.1. The Kier molecular flexibility index (Phi) is 31.6. The number of hydrogen-bond acceptors (Lipinski definition) is 21. The summed E-state index contributed by atoms with van der Waals surface area (Å²) in [5.74, 6) is 5.19. The molecule has 0 atom stereocenters. The minimum absolute atomic E-state index is 0.195. The lowest BCUT2D eigenvalue weighted by atomic mass is 9.92. The molecule has 0 aromatic carbocycles. The third-order valence-corrected chi connectivity index (χ3v) is 15.3. The van der Waals surface area contributed by atoms with Gasteiger partial charge in [-0.15, -0.1) is 0 Å². The lowest BCUT2D eigenvalue weighted by molar-refractivity contribution is -0.239. The van der Waals surface area contributed by atoms with E-state index in [2.05, 4.69) is 75.6 Å². The summed E-state index contributed by atoms with van der Waals surface area (Å²) in [6, 6.07) is 0. The van der Waals surface area contributed by atoms with Gasteiger partial charge in [0.25, 0.3) is 11.9 Å². The fourth-order valence-corrected chi connectivity index (χ4v) is 10.4. The summed E-state index contributed by atoms with van der Waals surface area (Å²) in [6.45, 7) is 27.1. The van der Waals surface area contributed by atoms with E-state index in [4.69, 9.17) is 40.0 Å². The first-order chi connectivity index (χ1) is 38.9. The van der Waals surface area contributed by atoms with Crippen molar-refractivity contribution in [2.45, 2.75) is 201 Å². The topological polar surface area (TPSA) is 286 Å². The van der Waals surface area contributed by atoms with Gasteiger partial charge >= 0.3 is 12.2 Å².